The largest absolute Gasteiger partial charge is 0.347 e. The molecule has 0 unspecified atom stereocenters. The monoisotopic (exact) mass is 435 g/mol. The van der Waals surface area contributed by atoms with Gasteiger partial charge in [-0.05, 0) is 42.0 Å². The van der Waals surface area contributed by atoms with Crippen LogP contribution in [0.2, 0.25) is 0 Å². The van der Waals surface area contributed by atoms with E-state index in [1.54, 1.807) is 30.3 Å². The first-order valence-corrected chi connectivity index (χ1v) is 10.5. The van der Waals surface area contributed by atoms with E-state index in [4.69, 9.17) is 0 Å². The van der Waals surface area contributed by atoms with Crippen LogP contribution >= 0.6 is 27.3 Å². The average Bonchev–Trinajstić information content (AvgIpc) is 3.11. The third-order valence-corrected chi connectivity index (χ3v) is 7.30. The molecule has 3 rings (SSSR count). The topological polar surface area (TPSA) is 63.2 Å². The Morgan fingerprint density at radius 1 is 1.00 bits per heavy atom. The summed E-state index contributed by atoms with van der Waals surface area (Å²) < 4.78 is 26.2. The van der Waals surface area contributed by atoms with E-state index in [1.165, 1.54) is 12.1 Å². The quantitative estimate of drug-likeness (QED) is 0.650. The predicted octanol–water partition coefficient (Wildman–Crippen LogP) is 4.27. The summed E-state index contributed by atoms with van der Waals surface area (Å²) in [6.45, 7) is 0.372. The molecule has 1 heterocycles. The lowest BCUT2D eigenvalue weighted by Crippen LogP contribution is -2.21. The Morgan fingerprint density at radius 2 is 1.76 bits per heavy atom. The van der Waals surface area contributed by atoms with Crippen LogP contribution in [-0.2, 0) is 16.4 Å². The minimum absolute atomic E-state index is 0.159. The van der Waals surface area contributed by atoms with Crippen molar-refractivity contribution in [3.63, 3.8) is 0 Å². The first kappa shape index (κ1) is 17.8. The van der Waals surface area contributed by atoms with Crippen molar-refractivity contribution < 1.29 is 13.2 Å². The van der Waals surface area contributed by atoms with Crippen LogP contribution in [0.4, 0.5) is 0 Å². The minimum Gasteiger partial charge on any atom is -0.347 e. The van der Waals surface area contributed by atoms with Gasteiger partial charge in [-0.2, -0.15) is 0 Å². The van der Waals surface area contributed by atoms with Crippen LogP contribution in [0.5, 0.6) is 0 Å². The Labute approximate surface area is 158 Å². The fraction of sp³-hybridized carbons (Fsp3) is 0.0556. The molecule has 2 aromatic carbocycles. The van der Waals surface area contributed by atoms with Crippen LogP contribution in [0.3, 0.4) is 0 Å². The molecule has 1 aromatic heterocycles. The summed E-state index contributed by atoms with van der Waals surface area (Å²) in [4.78, 5) is 12.9. The molecule has 0 atom stereocenters. The van der Waals surface area contributed by atoms with E-state index in [-0.39, 0.29) is 15.0 Å². The first-order chi connectivity index (χ1) is 12.0. The molecule has 0 aliphatic heterocycles. The second kappa shape index (κ2) is 7.51. The van der Waals surface area contributed by atoms with Crippen molar-refractivity contribution in [3.8, 4) is 0 Å². The fourth-order valence-corrected chi connectivity index (χ4v) is 5.31. The summed E-state index contributed by atoms with van der Waals surface area (Å²) in [6.07, 6.45) is 0. The van der Waals surface area contributed by atoms with Crippen LogP contribution in [-0.4, -0.2) is 14.3 Å². The SMILES string of the molecule is O=C(NCc1cccc(Br)c1)c1ccc(S(=O)(=O)c2ccccc2)s1. The number of sulfone groups is 1. The molecule has 128 valence electrons. The molecule has 0 radical (unpaired) electrons. The van der Waals surface area contributed by atoms with Crippen molar-refractivity contribution in [1.82, 2.24) is 5.32 Å². The number of halogens is 1. The smallest absolute Gasteiger partial charge is 0.261 e. The third kappa shape index (κ3) is 4.18. The highest BCUT2D eigenvalue weighted by molar-refractivity contribution is 9.10. The van der Waals surface area contributed by atoms with Gasteiger partial charge in [0, 0.05) is 11.0 Å². The van der Waals surface area contributed by atoms with Crippen LogP contribution in [0, 0.1) is 0 Å². The molecule has 1 N–H and O–H groups in total. The van der Waals surface area contributed by atoms with Gasteiger partial charge >= 0.3 is 0 Å². The zero-order valence-corrected chi connectivity index (χ0v) is 16.2. The standard InChI is InChI=1S/C18H14BrNO3S2/c19-14-6-4-5-13(11-14)12-20-18(21)16-9-10-17(24-16)25(22,23)15-7-2-1-3-8-15/h1-11H,12H2,(H,20,21). The Hall–Kier alpha value is -1.96. The lowest BCUT2D eigenvalue weighted by molar-refractivity contribution is 0.0955. The van der Waals surface area contributed by atoms with Crippen molar-refractivity contribution >= 4 is 43.0 Å². The van der Waals surface area contributed by atoms with Gasteiger partial charge in [0.15, 0.2) is 0 Å². The second-order valence-electron chi connectivity index (χ2n) is 5.25. The fourth-order valence-electron chi connectivity index (χ4n) is 2.22. The van der Waals surface area contributed by atoms with Crippen LogP contribution in [0.15, 0.2) is 80.3 Å². The van der Waals surface area contributed by atoms with Crippen molar-refractivity contribution in [2.45, 2.75) is 15.6 Å². The summed E-state index contributed by atoms with van der Waals surface area (Å²) in [6, 6.07) is 18.8. The van der Waals surface area contributed by atoms with E-state index >= 15 is 0 Å². The number of benzene rings is 2. The number of rotatable bonds is 5. The summed E-state index contributed by atoms with van der Waals surface area (Å²) in [5.74, 6) is -0.292. The summed E-state index contributed by atoms with van der Waals surface area (Å²) in [5, 5.41) is 2.80. The molecule has 25 heavy (non-hydrogen) atoms. The molecule has 0 fully saturated rings. The maximum absolute atomic E-state index is 12.6. The Bertz CT molecular complexity index is 998. The van der Waals surface area contributed by atoms with Gasteiger partial charge in [0.2, 0.25) is 9.84 Å². The molecule has 0 saturated heterocycles. The molecule has 0 bridgehead atoms. The highest BCUT2D eigenvalue weighted by atomic mass is 79.9. The number of amides is 1. The summed E-state index contributed by atoms with van der Waals surface area (Å²) >= 11 is 4.36. The van der Waals surface area contributed by atoms with Gasteiger partial charge < -0.3 is 5.32 Å². The van der Waals surface area contributed by atoms with Gasteiger partial charge in [0.25, 0.3) is 5.91 Å². The van der Waals surface area contributed by atoms with E-state index in [2.05, 4.69) is 21.2 Å². The van der Waals surface area contributed by atoms with Gasteiger partial charge in [-0.25, -0.2) is 8.42 Å². The Balaban J connectivity index is 1.74. The zero-order chi connectivity index (χ0) is 17.9. The molecule has 1 amide bonds. The lowest BCUT2D eigenvalue weighted by atomic mass is 10.2. The molecular weight excluding hydrogens is 422 g/mol. The minimum atomic E-state index is -3.59. The van der Waals surface area contributed by atoms with E-state index in [0.717, 1.165) is 21.4 Å². The third-order valence-electron chi connectivity index (χ3n) is 3.47. The molecule has 4 nitrogen and oxygen atoms in total. The van der Waals surface area contributed by atoms with Crippen LogP contribution < -0.4 is 5.32 Å². The molecular formula is C18H14BrNO3S2. The summed E-state index contributed by atoms with van der Waals surface area (Å²) in [7, 11) is -3.59. The second-order valence-corrected chi connectivity index (χ2v) is 9.42. The van der Waals surface area contributed by atoms with Gasteiger partial charge in [0.05, 0.1) is 9.77 Å². The van der Waals surface area contributed by atoms with Crippen molar-refractivity contribution in [2.24, 2.45) is 0 Å². The molecule has 3 aromatic rings. The lowest BCUT2D eigenvalue weighted by Gasteiger charge is -2.04. The van der Waals surface area contributed by atoms with Crippen LogP contribution in [0.1, 0.15) is 15.2 Å². The van der Waals surface area contributed by atoms with E-state index in [0.29, 0.717) is 11.4 Å². The van der Waals surface area contributed by atoms with E-state index in [9.17, 15) is 13.2 Å². The molecule has 0 aliphatic rings. The molecule has 0 aliphatic carbocycles. The van der Waals surface area contributed by atoms with E-state index < -0.39 is 9.84 Å². The van der Waals surface area contributed by atoms with Gasteiger partial charge in [0.1, 0.15) is 4.21 Å². The van der Waals surface area contributed by atoms with Crippen molar-refractivity contribution in [2.75, 3.05) is 0 Å². The van der Waals surface area contributed by atoms with Crippen LogP contribution in [0.25, 0.3) is 0 Å². The number of nitrogens with one attached hydrogen (secondary N) is 1. The first-order valence-electron chi connectivity index (χ1n) is 7.39. The highest BCUT2D eigenvalue weighted by Gasteiger charge is 2.21. The number of hydrogen-bond acceptors (Lipinski definition) is 4. The van der Waals surface area contributed by atoms with E-state index in [1.807, 2.05) is 24.3 Å². The number of thiophene rings is 1. The van der Waals surface area contributed by atoms with Gasteiger partial charge in [-0.15, -0.1) is 11.3 Å². The number of carbonyl (C=O) groups excluding carboxylic acids is 1. The molecule has 7 heteroatoms. The average molecular weight is 436 g/mol. The number of hydrogen-bond donors (Lipinski definition) is 1. The molecule has 0 spiro atoms. The Morgan fingerprint density at radius 3 is 2.48 bits per heavy atom. The summed E-state index contributed by atoms with van der Waals surface area (Å²) in [5.41, 5.74) is 0.955. The number of carbonyl (C=O) groups is 1. The zero-order valence-electron chi connectivity index (χ0n) is 13.0. The maximum Gasteiger partial charge on any atom is 0.261 e. The van der Waals surface area contributed by atoms with Crippen molar-refractivity contribution in [1.29, 1.82) is 0 Å². The molecule has 0 saturated carbocycles. The Kier molecular flexibility index (Phi) is 5.36. The van der Waals surface area contributed by atoms with Crippen molar-refractivity contribution in [3.05, 3.63) is 81.6 Å². The predicted molar refractivity (Wildman–Crippen MR) is 102 cm³/mol. The normalized spacial score (nSPS) is 11.2. The van der Waals surface area contributed by atoms with Gasteiger partial charge in [-0.1, -0.05) is 46.3 Å². The maximum atomic E-state index is 12.6. The van der Waals surface area contributed by atoms with Gasteiger partial charge in [-0.3, -0.25) is 4.79 Å². The highest BCUT2D eigenvalue weighted by Crippen LogP contribution is 2.27.